The maximum Gasteiger partial charge on any atom is 0.103 e. The van der Waals surface area contributed by atoms with Crippen LogP contribution in [0.2, 0.25) is 0 Å². The highest BCUT2D eigenvalue weighted by atomic mass is 19.1. The van der Waals surface area contributed by atoms with Crippen molar-refractivity contribution in [2.75, 3.05) is 20.1 Å². The van der Waals surface area contributed by atoms with E-state index in [0.717, 1.165) is 18.9 Å². The molecule has 0 fully saturated rings. The Morgan fingerprint density at radius 1 is 1.82 bits per heavy atom. The van der Waals surface area contributed by atoms with Crippen molar-refractivity contribution >= 4 is 5.84 Å². The van der Waals surface area contributed by atoms with Crippen molar-refractivity contribution in [2.45, 2.75) is 13.3 Å². The standard InChI is InChI=1S/C8H13FN2/c1-7(9)3-4-8-10-5-6-11(8)2/h3H,4-6H2,1-2H3/b7-3+. The molecule has 1 aliphatic rings. The highest BCUT2D eigenvalue weighted by Gasteiger charge is 2.09. The first-order valence-electron chi connectivity index (χ1n) is 3.77. The summed E-state index contributed by atoms with van der Waals surface area (Å²) in [7, 11) is 1.98. The Labute approximate surface area is 66.4 Å². The Balaban J connectivity index is 2.43. The highest BCUT2D eigenvalue weighted by Crippen LogP contribution is 2.04. The van der Waals surface area contributed by atoms with Crippen molar-refractivity contribution in [1.82, 2.24) is 4.90 Å². The van der Waals surface area contributed by atoms with Crippen LogP contribution in [0, 0.1) is 0 Å². The Kier molecular flexibility index (Phi) is 2.63. The van der Waals surface area contributed by atoms with Crippen molar-refractivity contribution < 1.29 is 4.39 Å². The third-order valence-corrected chi connectivity index (χ3v) is 1.74. The van der Waals surface area contributed by atoms with E-state index in [1.54, 1.807) is 6.08 Å². The van der Waals surface area contributed by atoms with Crippen molar-refractivity contribution in [3.05, 3.63) is 11.9 Å². The molecule has 62 valence electrons. The zero-order valence-electron chi connectivity index (χ0n) is 6.97. The highest BCUT2D eigenvalue weighted by molar-refractivity contribution is 5.84. The lowest BCUT2D eigenvalue weighted by atomic mass is 10.3. The van der Waals surface area contributed by atoms with E-state index in [0.29, 0.717) is 6.42 Å². The lowest BCUT2D eigenvalue weighted by Gasteiger charge is -2.11. The fraction of sp³-hybridized carbons (Fsp3) is 0.625. The predicted octanol–water partition coefficient (Wildman–Crippen LogP) is 1.59. The first-order chi connectivity index (χ1) is 5.20. The SMILES string of the molecule is C/C(F)=C\CC1=NCCN1C. The monoisotopic (exact) mass is 156 g/mol. The molecule has 0 bridgehead atoms. The second-order valence-corrected chi connectivity index (χ2v) is 2.71. The third kappa shape index (κ3) is 2.33. The molecule has 11 heavy (non-hydrogen) atoms. The van der Waals surface area contributed by atoms with Gasteiger partial charge in [-0.25, -0.2) is 4.39 Å². The lowest BCUT2D eigenvalue weighted by Crippen LogP contribution is -2.21. The fourth-order valence-corrected chi connectivity index (χ4v) is 1.03. The maximum atomic E-state index is 12.3. The van der Waals surface area contributed by atoms with Crippen molar-refractivity contribution in [3.8, 4) is 0 Å². The summed E-state index contributed by atoms with van der Waals surface area (Å²) < 4.78 is 12.3. The molecule has 0 saturated carbocycles. The van der Waals surface area contributed by atoms with Gasteiger partial charge in [-0.15, -0.1) is 0 Å². The zero-order chi connectivity index (χ0) is 8.27. The number of rotatable bonds is 2. The normalized spacial score (nSPS) is 19.0. The molecule has 0 unspecified atom stereocenters. The predicted molar refractivity (Wildman–Crippen MR) is 44.4 cm³/mol. The fourth-order valence-electron chi connectivity index (χ4n) is 1.03. The van der Waals surface area contributed by atoms with Crippen LogP contribution < -0.4 is 0 Å². The van der Waals surface area contributed by atoms with E-state index in [1.807, 2.05) is 7.05 Å². The quantitative estimate of drug-likeness (QED) is 0.592. The first-order valence-corrected chi connectivity index (χ1v) is 3.77. The smallest absolute Gasteiger partial charge is 0.103 e. The van der Waals surface area contributed by atoms with Gasteiger partial charge in [-0.2, -0.15) is 0 Å². The van der Waals surface area contributed by atoms with Crippen molar-refractivity contribution in [1.29, 1.82) is 0 Å². The summed E-state index contributed by atoms with van der Waals surface area (Å²) in [4.78, 5) is 6.28. The van der Waals surface area contributed by atoms with E-state index in [-0.39, 0.29) is 5.83 Å². The summed E-state index contributed by atoms with van der Waals surface area (Å²) in [6.45, 7) is 3.27. The summed E-state index contributed by atoms with van der Waals surface area (Å²) in [6, 6.07) is 0. The first kappa shape index (κ1) is 8.24. The maximum absolute atomic E-state index is 12.3. The zero-order valence-corrected chi connectivity index (χ0v) is 6.97. The number of nitrogens with zero attached hydrogens (tertiary/aromatic N) is 2. The van der Waals surface area contributed by atoms with Gasteiger partial charge in [-0.05, 0) is 13.0 Å². The van der Waals surface area contributed by atoms with E-state index in [4.69, 9.17) is 0 Å². The number of hydrogen-bond acceptors (Lipinski definition) is 2. The van der Waals surface area contributed by atoms with E-state index in [2.05, 4.69) is 9.89 Å². The van der Waals surface area contributed by atoms with E-state index < -0.39 is 0 Å². The molecule has 0 amide bonds. The lowest BCUT2D eigenvalue weighted by molar-refractivity contribution is 0.548. The van der Waals surface area contributed by atoms with Crippen LogP contribution in [0.5, 0.6) is 0 Å². The summed E-state index contributed by atoms with van der Waals surface area (Å²) >= 11 is 0. The molecule has 2 nitrogen and oxygen atoms in total. The summed E-state index contributed by atoms with van der Waals surface area (Å²) in [6.07, 6.45) is 2.18. The second kappa shape index (κ2) is 3.51. The van der Waals surface area contributed by atoms with E-state index >= 15 is 0 Å². The van der Waals surface area contributed by atoms with Crippen molar-refractivity contribution in [3.63, 3.8) is 0 Å². The molecule has 0 aromatic rings. The van der Waals surface area contributed by atoms with Crippen LogP contribution in [0.1, 0.15) is 13.3 Å². The van der Waals surface area contributed by atoms with Gasteiger partial charge >= 0.3 is 0 Å². The van der Waals surface area contributed by atoms with Gasteiger partial charge in [-0.1, -0.05) is 0 Å². The topological polar surface area (TPSA) is 15.6 Å². The third-order valence-electron chi connectivity index (χ3n) is 1.74. The van der Waals surface area contributed by atoms with E-state index in [1.165, 1.54) is 6.92 Å². The van der Waals surface area contributed by atoms with Gasteiger partial charge in [0.2, 0.25) is 0 Å². The number of allylic oxidation sites excluding steroid dienone is 1. The number of aliphatic imine (C=N–C) groups is 1. The minimum absolute atomic E-state index is 0.131. The molecular formula is C8H13FN2. The van der Waals surface area contributed by atoms with Crippen LogP contribution in [0.3, 0.4) is 0 Å². The Morgan fingerprint density at radius 2 is 2.55 bits per heavy atom. The Bertz CT molecular complexity index is 192. The molecular weight excluding hydrogens is 143 g/mol. The molecule has 0 atom stereocenters. The number of likely N-dealkylation sites (N-methyl/N-ethyl adjacent to an activating group) is 1. The van der Waals surface area contributed by atoms with Crippen molar-refractivity contribution in [2.24, 2.45) is 4.99 Å². The average Bonchev–Trinajstić information content (AvgIpc) is 2.31. The molecule has 1 rings (SSSR count). The van der Waals surface area contributed by atoms with Gasteiger partial charge in [-0.3, -0.25) is 4.99 Å². The molecule has 0 spiro atoms. The summed E-state index contributed by atoms with van der Waals surface area (Å²) in [5, 5.41) is 0. The Morgan fingerprint density at radius 3 is 3.00 bits per heavy atom. The Hall–Kier alpha value is -0.860. The van der Waals surface area contributed by atoms with Gasteiger partial charge in [0, 0.05) is 20.0 Å². The number of halogens is 1. The molecule has 0 aromatic carbocycles. The molecule has 0 N–H and O–H groups in total. The molecule has 3 heteroatoms. The second-order valence-electron chi connectivity index (χ2n) is 2.71. The van der Waals surface area contributed by atoms with Crippen LogP contribution in [-0.4, -0.2) is 30.9 Å². The largest absolute Gasteiger partial charge is 0.361 e. The summed E-state index contributed by atoms with van der Waals surface area (Å²) in [5.74, 6) is 0.856. The van der Waals surface area contributed by atoms with Gasteiger partial charge in [0.1, 0.15) is 5.84 Å². The molecule has 0 aliphatic carbocycles. The molecule has 0 aromatic heterocycles. The van der Waals surface area contributed by atoms with Crippen LogP contribution in [-0.2, 0) is 0 Å². The number of amidine groups is 1. The van der Waals surface area contributed by atoms with Crippen LogP contribution in [0.25, 0.3) is 0 Å². The minimum atomic E-state index is -0.131. The molecule has 0 saturated heterocycles. The van der Waals surface area contributed by atoms with Gasteiger partial charge in [0.15, 0.2) is 0 Å². The van der Waals surface area contributed by atoms with Crippen LogP contribution in [0.4, 0.5) is 4.39 Å². The number of hydrogen-bond donors (Lipinski definition) is 0. The minimum Gasteiger partial charge on any atom is -0.361 e. The molecule has 1 aliphatic heterocycles. The van der Waals surface area contributed by atoms with Gasteiger partial charge < -0.3 is 4.90 Å². The molecule has 0 radical (unpaired) electrons. The average molecular weight is 156 g/mol. The van der Waals surface area contributed by atoms with E-state index in [9.17, 15) is 4.39 Å². The van der Waals surface area contributed by atoms with Crippen LogP contribution in [0.15, 0.2) is 16.9 Å². The summed E-state index contributed by atoms with van der Waals surface area (Å²) in [5.41, 5.74) is 0. The molecule has 1 heterocycles. The van der Waals surface area contributed by atoms with Crippen LogP contribution >= 0.6 is 0 Å². The van der Waals surface area contributed by atoms with Gasteiger partial charge in [0.25, 0.3) is 0 Å². The van der Waals surface area contributed by atoms with Gasteiger partial charge in [0.05, 0.1) is 12.4 Å².